The number of carbonyl (C=O) groups is 2. The molecule has 1 N–H and O–H groups in total. The van der Waals surface area contributed by atoms with E-state index in [-0.39, 0.29) is 0 Å². The third-order valence-electron chi connectivity index (χ3n) is 2.46. The van der Waals surface area contributed by atoms with E-state index in [1.54, 1.807) is 6.20 Å². The molecule has 0 aliphatic heterocycles. The maximum Gasteiger partial charge on any atom is 0.291 e. The van der Waals surface area contributed by atoms with Gasteiger partial charge in [0.25, 0.3) is 5.91 Å². The number of aryl methyl sites for hydroxylation is 1. The summed E-state index contributed by atoms with van der Waals surface area (Å²) < 4.78 is 1.91. The predicted molar refractivity (Wildman–Crippen MR) is 62.2 cm³/mol. The van der Waals surface area contributed by atoms with E-state index in [1.807, 2.05) is 35.9 Å². The van der Waals surface area contributed by atoms with Crippen LogP contribution in [0.3, 0.4) is 0 Å². The summed E-state index contributed by atoms with van der Waals surface area (Å²) in [7, 11) is 1.89. The third-order valence-corrected chi connectivity index (χ3v) is 2.46. The van der Waals surface area contributed by atoms with Crippen molar-refractivity contribution in [1.82, 2.24) is 4.57 Å². The Morgan fingerprint density at radius 3 is 2.62 bits per heavy atom. The fourth-order valence-electron chi connectivity index (χ4n) is 1.65. The molecule has 0 fully saturated rings. The predicted octanol–water partition coefficient (Wildman–Crippen LogP) is 1.71. The number of nitrogens with zero attached hydrogens (tertiary/aromatic N) is 1. The molecule has 16 heavy (non-hydrogen) atoms. The summed E-state index contributed by atoms with van der Waals surface area (Å²) in [6, 6.07) is 7.69. The van der Waals surface area contributed by atoms with E-state index >= 15 is 0 Å². The van der Waals surface area contributed by atoms with Crippen LogP contribution in [0.5, 0.6) is 0 Å². The van der Waals surface area contributed by atoms with Crippen LogP contribution in [0.1, 0.15) is 6.92 Å². The SMILES string of the molecule is CC(=O)C(=O)Nc1cn(C)c2ccccc12. The maximum atomic E-state index is 11.3. The average Bonchev–Trinajstić information content (AvgIpc) is 2.57. The second kappa shape index (κ2) is 3.81. The summed E-state index contributed by atoms with van der Waals surface area (Å²) in [5.41, 5.74) is 1.68. The molecule has 0 bridgehead atoms. The Hall–Kier alpha value is -2.10. The van der Waals surface area contributed by atoms with Gasteiger partial charge in [-0.05, 0) is 6.07 Å². The molecule has 1 heterocycles. The molecule has 0 aliphatic carbocycles. The van der Waals surface area contributed by atoms with Gasteiger partial charge in [0.1, 0.15) is 0 Å². The maximum absolute atomic E-state index is 11.3. The number of ketones is 1. The smallest absolute Gasteiger partial charge is 0.291 e. The van der Waals surface area contributed by atoms with Gasteiger partial charge in [-0.3, -0.25) is 9.59 Å². The van der Waals surface area contributed by atoms with E-state index in [2.05, 4.69) is 5.32 Å². The largest absolute Gasteiger partial charge is 0.348 e. The summed E-state index contributed by atoms with van der Waals surface area (Å²) in [6.07, 6.45) is 1.80. The summed E-state index contributed by atoms with van der Waals surface area (Å²) >= 11 is 0. The van der Waals surface area contributed by atoms with Gasteiger partial charge in [-0.2, -0.15) is 0 Å². The fourth-order valence-corrected chi connectivity index (χ4v) is 1.65. The average molecular weight is 216 g/mol. The van der Waals surface area contributed by atoms with Crippen molar-refractivity contribution in [1.29, 1.82) is 0 Å². The number of Topliss-reactive ketones (excluding diaryl/α,β-unsaturated/α-hetero) is 1. The van der Waals surface area contributed by atoms with Crippen molar-refractivity contribution in [3.63, 3.8) is 0 Å². The topological polar surface area (TPSA) is 51.1 Å². The molecular formula is C12H12N2O2. The van der Waals surface area contributed by atoms with Gasteiger partial charge in [0.05, 0.1) is 5.69 Å². The fraction of sp³-hybridized carbons (Fsp3) is 0.167. The second-order valence-corrected chi connectivity index (χ2v) is 3.68. The van der Waals surface area contributed by atoms with Crippen LogP contribution in [0, 0.1) is 0 Å². The molecule has 1 amide bonds. The number of fused-ring (bicyclic) bond motifs is 1. The standard InChI is InChI=1S/C12H12N2O2/c1-8(15)12(16)13-10-7-14(2)11-6-4-3-5-9(10)11/h3-7H,1-2H3,(H,13,16). The highest BCUT2D eigenvalue weighted by Gasteiger charge is 2.11. The highest BCUT2D eigenvalue weighted by molar-refractivity contribution is 6.40. The van der Waals surface area contributed by atoms with Crippen LogP contribution in [0.15, 0.2) is 30.5 Å². The lowest BCUT2D eigenvalue weighted by Gasteiger charge is -1.99. The van der Waals surface area contributed by atoms with Crippen LogP contribution in [-0.2, 0) is 16.6 Å². The lowest BCUT2D eigenvalue weighted by atomic mass is 10.2. The van der Waals surface area contributed by atoms with Crippen molar-refractivity contribution in [2.75, 3.05) is 5.32 Å². The zero-order valence-electron chi connectivity index (χ0n) is 9.15. The molecule has 82 valence electrons. The minimum absolute atomic E-state index is 0.493. The number of amides is 1. The van der Waals surface area contributed by atoms with E-state index in [9.17, 15) is 9.59 Å². The Kier molecular flexibility index (Phi) is 2.48. The number of hydrogen-bond donors (Lipinski definition) is 1. The third kappa shape index (κ3) is 1.69. The number of anilines is 1. The minimum atomic E-state index is -0.587. The molecule has 4 heteroatoms. The Balaban J connectivity index is 2.46. The summed E-state index contributed by atoms with van der Waals surface area (Å²) in [5, 5.41) is 3.53. The van der Waals surface area contributed by atoms with Gasteiger partial charge in [-0.25, -0.2) is 0 Å². The molecule has 0 radical (unpaired) electrons. The molecule has 0 saturated heterocycles. The van der Waals surface area contributed by atoms with E-state index in [1.165, 1.54) is 6.92 Å². The van der Waals surface area contributed by atoms with Crippen LogP contribution in [0.25, 0.3) is 10.9 Å². The molecule has 2 rings (SSSR count). The summed E-state index contributed by atoms with van der Waals surface area (Å²) in [6.45, 7) is 1.25. The second-order valence-electron chi connectivity index (χ2n) is 3.68. The highest BCUT2D eigenvalue weighted by Crippen LogP contribution is 2.24. The molecule has 2 aromatic rings. The van der Waals surface area contributed by atoms with E-state index < -0.39 is 11.7 Å². The molecule has 4 nitrogen and oxygen atoms in total. The quantitative estimate of drug-likeness (QED) is 0.777. The number of hydrogen-bond acceptors (Lipinski definition) is 2. The van der Waals surface area contributed by atoms with Gasteiger partial charge < -0.3 is 9.88 Å². The first kappa shape index (κ1) is 10.4. The normalized spacial score (nSPS) is 10.4. The lowest BCUT2D eigenvalue weighted by Crippen LogP contribution is -2.19. The Morgan fingerprint density at radius 1 is 1.25 bits per heavy atom. The van der Waals surface area contributed by atoms with Crippen LogP contribution in [0.4, 0.5) is 5.69 Å². The minimum Gasteiger partial charge on any atom is -0.348 e. The van der Waals surface area contributed by atoms with Gasteiger partial charge in [0.2, 0.25) is 5.78 Å². The van der Waals surface area contributed by atoms with Crippen molar-refractivity contribution >= 4 is 28.3 Å². The number of para-hydroxylation sites is 1. The van der Waals surface area contributed by atoms with E-state index in [0.717, 1.165) is 10.9 Å². The Labute approximate surface area is 92.9 Å². The number of carbonyl (C=O) groups excluding carboxylic acids is 2. The van der Waals surface area contributed by atoms with Crippen molar-refractivity contribution in [2.24, 2.45) is 7.05 Å². The molecule has 0 spiro atoms. The molecule has 0 atom stereocenters. The van der Waals surface area contributed by atoms with Gasteiger partial charge in [0.15, 0.2) is 0 Å². The summed E-state index contributed by atoms with van der Waals surface area (Å²) in [5.74, 6) is -1.08. The molecule has 0 unspecified atom stereocenters. The van der Waals surface area contributed by atoms with Crippen LogP contribution in [0.2, 0.25) is 0 Å². The van der Waals surface area contributed by atoms with Crippen molar-refractivity contribution in [3.05, 3.63) is 30.5 Å². The molecular weight excluding hydrogens is 204 g/mol. The van der Waals surface area contributed by atoms with Crippen molar-refractivity contribution in [2.45, 2.75) is 6.92 Å². The van der Waals surface area contributed by atoms with Crippen LogP contribution < -0.4 is 5.32 Å². The van der Waals surface area contributed by atoms with Crippen LogP contribution in [-0.4, -0.2) is 16.3 Å². The van der Waals surface area contributed by atoms with Crippen LogP contribution >= 0.6 is 0 Å². The number of aromatic nitrogens is 1. The zero-order valence-corrected chi connectivity index (χ0v) is 9.15. The Morgan fingerprint density at radius 2 is 1.94 bits per heavy atom. The van der Waals surface area contributed by atoms with Gasteiger partial charge in [-0.15, -0.1) is 0 Å². The van der Waals surface area contributed by atoms with Gasteiger partial charge in [0, 0.05) is 31.1 Å². The number of benzene rings is 1. The number of nitrogens with one attached hydrogen (secondary N) is 1. The lowest BCUT2D eigenvalue weighted by molar-refractivity contribution is -0.133. The van der Waals surface area contributed by atoms with E-state index in [0.29, 0.717) is 5.69 Å². The van der Waals surface area contributed by atoms with Gasteiger partial charge in [-0.1, -0.05) is 18.2 Å². The van der Waals surface area contributed by atoms with E-state index in [4.69, 9.17) is 0 Å². The zero-order chi connectivity index (χ0) is 11.7. The Bertz CT molecular complexity index is 569. The summed E-state index contributed by atoms with van der Waals surface area (Å²) in [4.78, 5) is 22.2. The monoisotopic (exact) mass is 216 g/mol. The molecule has 0 aliphatic rings. The first-order chi connectivity index (χ1) is 7.59. The molecule has 0 saturated carbocycles. The first-order valence-corrected chi connectivity index (χ1v) is 4.95. The number of rotatable bonds is 2. The van der Waals surface area contributed by atoms with Crippen molar-refractivity contribution in [3.8, 4) is 0 Å². The van der Waals surface area contributed by atoms with Crippen molar-refractivity contribution < 1.29 is 9.59 Å². The molecule has 1 aromatic heterocycles. The molecule has 1 aromatic carbocycles. The van der Waals surface area contributed by atoms with Gasteiger partial charge >= 0.3 is 0 Å². The first-order valence-electron chi connectivity index (χ1n) is 4.95. The highest BCUT2D eigenvalue weighted by atomic mass is 16.2.